The number of hydrogen-bond acceptors (Lipinski definition) is 1. The van der Waals surface area contributed by atoms with Crippen LogP contribution in [0.3, 0.4) is 0 Å². The minimum Gasteiger partial charge on any atom is -0.289 e. The average Bonchev–Trinajstić information content (AvgIpc) is 2.42. The van der Waals surface area contributed by atoms with Crippen molar-refractivity contribution in [3.8, 4) is 0 Å². The predicted octanol–water partition coefficient (Wildman–Crippen LogP) is 6.20. The van der Waals surface area contributed by atoms with Crippen LogP contribution in [0.1, 0.15) is 15.9 Å². The third kappa shape index (κ3) is 3.77. The van der Waals surface area contributed by atoms with Crippen molar-refractivity contribution in [3.05, 3.63) is 73.7 Å². The monoisotopic (exact) mass is 344 g/mol. The molecule has 102 valence electrons. The number of rotatable bonds is 3. The molecule has 0 saturated carbocycles. The van der Waals surface area contributed by atoms with Gasteiger partial charge in [0, 0.05) is 10.6 Å². The van der Waals surface area contributed by atoms with E-state index in [2.05, 4.69) is 0 Å². The van der Waals surface area contributed by atoms with Crippen LogP contribution in [0.2, 0.25) is 20.1 Å². The Balaban J connectivity index is 2.24. The van der Waals surface area contributed by atoms with Gasteiger partial charge >= 0.3 is 0 Å². The maximum atomic E-state index is 12.1. The summed E-state index contributed by atoms with van der Waals surface area (Å²) in [5, 5.41) is 1.72. The van der Waals surface area contributed by atoms with Gasteiger partial charge < -0.3 is 0 Å². The van der Waals surface area contributed by atoms with Crippen LogP contribution >= 0.6 is 46.4 Å². The molecule has 0 amide bonds. The third-order valence-corrected chi connectivity index (χ3v) is 3.87. The van der Waals surface area contributed by atoms with Crippen molar-refractivity contribution in [2.24, 2.45) is 0 Å². The average molecular weight is 346 g/mol. The van der Waals surface area contributed by atoms with Gasteiger partial charge in [-0.2, -0.15) is 0 Å². The first-order valence-electron chi connectivity index (χ1n) is 5.60. The van der Waals surface area contributed by atoms with E-state index in [0.29, 0.717) is 25.7 Å². The van der Waals surface area contributed by atoms with Crippen molar-refractivity contribution in [2.45, 2.75) is 0 Å². The van der Waals surface area contributed by atoms with E-state index in [1.54, 1.807) is 36.4 Å². The van der Waals surface area contributed by atoms with Crippen molar-refractivity contribution in [1.82, 2.24) is 0 Å². The highest BCUT2D eigenvalue weighted by Crippen LogP contribution is 2.24. The molecule has 0 unspecified atom stereocenters. The molecule has 2 rings (SSSR count). The molecule has 0 aliphatic heterocycles. The van der Waals surface area contributed by atoms with Gasteiger partial charge in [0.15, 0.2) is 5.78 Å². The Morgan fingerprint density at radius 3 is 2.25 bits per heavy atom. The second-order valence-electron chi connectivity index (χ2n) is 4.00. The molecule has 0 aromatic heterocycles. The minimum absolute atomic E-state index is 0.233. The Hall–Kier alpha value is -0.990. The lowest BCUT2D eigenvalue weighted by molar-refractivity contribution is 0.104. The summed E-state index contributed by atoms with van der Waals surface area (Å²) in [7, 11) is 0. The molecule has 0 fully saturated rings. The van der Waals surface area contributed by atoms with E-state index in [-0.39, 0.29) is 5.78 Å². The van der Waals surface area contributed by atoms with Gasteiger partial charge in [0.05, 0.1) is 15.1 Å². The summed E-state index contributed by atoms with van der Waals surface area (Å²) in [6.07, 6.45) is 3.05. The molecule has 0 aliphatic rings. The highest BCUT2D eigenvalue weighted by molar-refractivity contribution is 6.42. The van der Waals surface area contributed by atoms with Crippen LogP contribution in [-0.4, -0.2) is 5.78 Å². The minimum atomic E-state index is -0.233. The largest absolute Gasteiger partial charge is 0.289 e. The first kappa shape index (κ1) is 15.4. The predicted molar refractivity (Wildman–Crippen MR) is 86.3 cm³/mol. The summed E-state index contributed by atoms with van der Waals surface area (Å²) >= 11 is 23.5. The summed E-state index contributed by atoms with van der Waals surface area (Å²) in [5.74, 6) is -0.233. The molecule has 0 spiro atoms. The van der Waals surface area contributed by atoms with Crippen LogP contribution in [0.15, 0.2) is 42.5 Å². The maximum absolute atomic E-state index is 12.1. The highest BCUT2D eigenvalue weighted by atomic mass is 35.5. The fraction of sp³-hybridized carbons (Fsp3) is 0. The highest BCUT2D eigenvalue weighted by Gasteiger charge is 2.08. The van der Waals surface area contributed by atoms with Crippen molar-refractivity contribution >= 4 is 58.3 Å². The standard InChI is InChI=1S/C15H8Cl4O/c16-10-3-5-12(17)11(8-10)15(20)6-2-9-1-4-13(18)14(19)7-9/h1-8H/b6-2+. The molecule has 5 heteroatoms. The van der Waals surface area contributed by atoms with Gasteiger partial charge in [0.2, 0.25) is 0 Å². The Morgan fingerprint density at radius 1 is 0.850 bits per heavy atom. The first-order chi connectivity index (χ1) is 9.47. The zero-order valence-electron chi connectivity index (χ0n) is 10.0. The second kappa shape index (κ2) is 6.64. The molecule has 0 bridgehead atoms. The molecule has 0 heterocycles. The van der Waals surface area contributed by atoms with E-state index < -0.39 is 0 Å². The Kier molecular flexibility index (Phi) is 5.11. The van der Waals surface area contributed by atoms with Crippen LogP contribution in [-0.2, 0) is 0 Å². The van der Waals surface area contributed by atoms with E-state index in [9.17, 15) is 4.79 Å². The zero-order valence-corrected chi connectivity index (χ0v) is 13.1. The number of carbonyl (C=O) groups excluding carboxylic acids is 1. The third-order valence-electron chi connectivity index (χ3n) is 2.56. The molecule has 0 aliphatic carbocycles. The lowest BCUT2D eigenvalue weighted by atomic mass is 10.1. The molecule has 2 aromatic carbocycles. The van der Waals surface area contributed by atoms with E-state index in [4.69, 9.17) is 46.4 Å². The molecule has 0 saturated heterocycles. The van der Waals surface area contributed by atoms with Crippen molar-refractivity contribution in [3.63, 3.8) is 0 Å². The number of allylic oxidation sites excluding steroid dienone is 1. The van der Waals surface area contributed by atoms with Gasteiger partial charge in [0.1, 0.15) is 0 Å². The van der Waals surface area contributed by atoms with E-state index >= 15 is 0 Å². The fourth-order valence-corrected chi connectivity index (χ4v) is 2.25. The quantitative estimate of drug-likeness (QED) is 0.478. The summed E-state index contributed by atoms with van der Waals surface area (Å²) in [4.78, 5) is 12.1. The number of ketones is 1. The molecule has 0 N–H and O–H groups in total. The summed E-state index contributed by atoms with van der Waals surface area (Å²) in [5.41, 5.74) is 1.13. The lowest BCUT2D eigenvalue weighted by Crippen LogP contribution is -1.95. The number of carbonyl (C=O) groups is 1. The van der Waals surface area contributed by atoms with Crippen LogP contribution < -0.4 is 0 Å². The maximum Gasteiger partial charge on any atom is 0.187 e. The van der Waals surface area contributed by atoms with Crippen molar-refractivity contribution in [2.75, 3.05) is 0 Å². The lowest BCUT2D eigenvalue weighted by Gasteiger charge is -2.01. The van der Waals surface area contributed by atoms with Crippen LogP contribution in [0, 0.1) is 0 Å². The SMILES string of the molecule is O=C(/C=C/c1ccc(Cl)c(Cl)c1)c1cc(Cl)ccc1Cl. The Bertz CT molecular complexity index is 692. The molecule has 2 aromatic rings. The number of halogens is 4. The van der Waals surface area contributed by atoms with Crippen LogP contribution in [0.25, 0.3) is 6.08 Å². The van der Waals surface area contributed by atoms with Gasteiger partial charge in [-0.3, -0.25) is 4.79 Å². The number of hydrogen-bond donors (Lipinski definition) is 0. The fourth-order valence-electron chi connectivity index (χ4n) is 1.56. The van der Waals surface area contributed by atoms with Crippen molar-refractivity contribution in [1.29, 1.82) is 0 Å². The molecular weight excluding hydrogens is 338 g/mol. The van der Waals surface area contributed by atoms with E-state index in [0.717, 1.165) is 5.56 Å². The smallest absolute Gasteiger partial charge is 0.187 e. The molecule has 0 atom stereocenters. The summed E-state index contributed by atoms with van der Waals surface area (Å²) in [6, 6.07) is 9.85. The molecule has 20 heavy (non-hydrogen) atoms. The van der Waals surface area contributed by atoms with Gasteiger partial charge in [-0.15, -0.1) is 0 Å². The summed E-state index contributed by atoms with van der Waals surface area (Å²) < 4.78 is 0. The first-order valence-corrected chi connectivity index (χ1v) is 7.11. The van der Waals surface area contributed by atoms with E-state index in [1.807, 2.05) is 0 Å². The normalized spacial score (nSPS) is 11.0. The van der Waals surface area contributed by atoms with Crippen molar-refractivity contribution < 1.29 is 4.79 Å². The molecular formula is C15H8Cl4O. The zero-order chi connectivity index (χ0) is 14.7. The van der Waals surface area contributed by atoms with Gasteiger partial charge in [-0.1, -0.05) is 58.5 Å². The summed E-state index contributed by atoms with van der Waals surface area (Å²) in [6.45, 7) is 0. The molecule has 1 nitrogen and oxygen atoms in total. The van der Waals surface area contributed by atoms with Gasteiger partial charge in [-0.05, 0) is 42.0 Å². The molecule has 0 radical (unpaired) electrons. The second-order valence-corrected chi connectivity index (χ2v) is 5.65. The number of benzene rings is 2. The van der Waals surface area contributed by atoms with Crippen LogP contribution in [0.5, 0.6) is 0 Å². The van der Waals surface area contributed by atoms with E-state index in [1.165, 1.54) is 12.1 Å². The van der Waals surface area contributed by atoms with Gasteiger partial charge in [0.25, 0.3) is 0 Å². The van der Waals surface area contributed by atoms with Gasteiger partial charge in [-0.25, -0.2) is 0 Å². The topological polar surface area (TPSA) is 17.1 Å². The Labute approximate surface area is 136 Å². The Morgan fingerprint density at radius 2 is 1.55 bits per heavy atom. The van der Waals surface area contributed by atoms with Crippen LogP contribution in [0.4, 0.5) is 0 Å².